The number of thiocarbonyl (C=S) groups is 1. The van der Waals surface area contributed by atoms with Gasteiger partial charge in [-0.15, -0.1) is 0 Å². The number of carbonyl (C=O) groups excluding carboxylic acids is 2. The Bertz CT molecular complexity index is 569. The highest BCUT2D eigenvalue weighted by Gasteiger charge is 2.48. The van der Waals surface area contributed by atoms with E-state index in [1.807, 2.05) is 18.2 Å². The average molecular weight is 304 g/mol. The fraction of sp³-hybridized carbons (Fsp3) is 0.438. The summed E-state index contributed by atoms with van der Waals surface area (Å²) in [5.41, 5.74) is 0.195. The Labute approximate surface area is 130 Å². The number of aryl methyl sites for hydroxylation is 1. The molecule has 5 heteroatoms. The molecule has 2 amide bonds. The van der Waals surface area contributed by atoms with Crippen molar-refractivity contribution in [3.8, 4) is 0 Å². The number of hydrogen-bond donors (Lipinski definition) is 0. The van der Waals surface area contributed by atoms with E-state index >= 15 is 0 Å². The third kappa shape index (κ3) is 2.97. The summed E-state index contributed by atoms with van der Waals surface area (Å²) >= 11 is 5.25. The summed E-state index contributed by atoms with van der Waals surface area (Å²) in [6, 6.07) is 10.1. The Hall–Kier alpha value is -1.75. The molecule has 0 radical (unpaired) electrons. The average Bonchev–Trinajstić information content (AvgIpc) is 2.48. The largest absolute Gasteiger partial charge is 0.291 e. The van der Waals surface area contributed by atoms with Gasteiger partial charge in [0, 0.05) is 13.6 Å². The number of rotatable bonds is 4. The first-order valence-electron chi connectivity index (χ1n) is 7.03. The zero-order valence-corrected chi connectivity index (χ0v) is 13.4. The molecule has 0 aliphatic carbocycles. The first kappa shape index (κ1) is 15.6. The Balaban J connectivity index is 2.03. The predicted molar refractivity (Wildman–Crippen MR) is 85.6 cm³/mol. The van der Waals surface area contributed by atoms with Crippen LogP contribution in [0.2, 0.25) is 0 Å². The van der Waals surface area contributed by atoms with Gasteiger partial charge in [0.15, 0.2) is 5.11 Å². The SMILES string of the molecule is CN1C(=O)C(C)(C)C(=O)N(CCCc2ccccc2)C1=S. The van der Waals surface area contributed by atoms with Gasteiger partial charge in [-0.3, -0.25) is 19.4 Å². The van der Waals surface area contributed by atoms with E-state index < -0.39 is 5.41 Å². The van der Waals surface area contributed by atoms with Crippen LogP contribution in [0.1, 0.15) is 25.8 Å². The molecule has 1 aliphatic rings. The molecule has 0 atom stereocenters. The number of carbonyl (C=O) groups is 2. The number of nitrogens with zero attached hydrogens (tertiary/aromatic N) is 2. The Morgan fingerprint density at radius 1 is 1.10 bits per heavy atom. The number of benzene rings is 1. The Kier molecular flexibility index (Phi) is 4.42. The molecule has 1 aliphatic heterocycles. The van der Waals surface area contributed by atoms with Crippen molar-refractivity contribution in [2.24, 2.45) is 5.41 Å². The lowest BCUT2D eigenvalue weighted by Gasteiger charge is -2.41. The van der Waals surface area contributed by atoms with Crippen LogP contribution in [0, 0.1) is 5.41 Å². The molecule has 0 unspecified atom stereocenters. The summed E-state index contributed by atoms with van der Waals surface area (Å²) in [7, 11) is 1.63. The van der Waals surface area contributed by atoms with E-state index in [0.717, 1.165) is 12.8 Å². The maximum Gasteiger partial charge on any atom is 0.243 e. The molecular weight excluding hydrogens is 284 g/mol. The maximum absolute atomic E-state index is 12.4. The van der Waals surface area contributed by atoms with Crippen LogP contribution in [-0.2, 0) is 16.0 Å². The van der Waals surface area contributed by atoms with Crippen LogP contribution in [0.25, 0.3) is 0 Å². The van der Waals surface area contributed by atoms with E-state index in [2.05, 4.69) is 12.1 Å². The van der Waals surface area contributed by atoms with E-state index in [1.165, 1.54) is 10.5 Å². The van der Waals surface area contributed by atoms with Crippen molar-refractivity contribution in [1.82, 2.24) is 9.80 Å². The van der Waals surface area contributed by atoms with Crippen LogP contribution < -0.4 is 0 Å². The van der Waals surface area contributed by atoms with Crippen LogP contribution in [0.15, 0.2) is 30.3 Å². The minimum atomic E-state index is -1.04. The van der Waals surface area contributed by atoms with E-state index in [-0.39, 0.29) is 11.8 Å². The normalized spacial score (nSPS) is 18.3. The molecule has 2 rings (SSSR count). The summed E-state index contributed by atoms with van der Waals surface area (Å²) < 4.78 is 0. The van der Waals surface area contributed by atoms with Gasteiger partial charge >= 0.3 is 0 Å². The zero-order valence-electron chi connectivity index (χ0n) is 12.6. The van der Waals surface area contributed by atoms with Crippen molar-refractivity contribution in [2.45, 2.75) is 26.7 Å². The predicted octanol–water partition coefficient (Wildman–Crippen LogP) is 2.23. The molecule has 1 heterocycles. The van der Waals surface area contributed by atoms with Gasteiger partial charge in [-0.2, -0.15) is 0 Å². The molecule has 0 N–H and O–H groups in total. The lowest BCUT2D eigenvalue weighted by atomic mass is 9.88. The first-order chi connectivity index (χ1) is 9.85. The second-order valence-electron chi connectivity index (χ2n) is 5.82. The quantitative estimate of drug-likeness (QED) is 0.633. The summed E-state index contributed by atoms with van der Waals surface area (Å²) in [6.07, 6.45) is 1.69. The Morgan fingerprint density at radius 2 is 1.71 bits per heavy atom. The Morgan fingerprint density at radius 3 is 2.33 bits per heavy atom. The van der Waals surface area contributed by atoms with E-state index in [1.54, 1.807) is 25.8 Å². The number of amides is 2. The van der Waals surface area contributed by atoms with E-state index in [0.29, 0.717) is 11.7 Å². The van der Waals surface area contributed by atoms with Crippen LogP contribution in [0.3, 0.4) is 0 Å². The van der Waals surface area contributed by atoms with Crippen LogP contribution in [-0.4, -0.2) is 40.3 Å². The van der Waals surface area contributed by atoms with Crippen molar-refractivity contribution < 1.29 is 9.59 Å². The third-order valence-corrected chi connectivity index (χ3v) is 4.32. The first-order valence-corrected chi connectivity index (χ1v) is 7.44. The summed E-state index contributed by atoms with van der Waals surface area (Å²) in [5, 5.41) is 0.303. The molecule has 0 saturated carbocycles. The molecule has 1 saturated heterocycles. The van der Waals surface area contributed by atoms with Gasteiger partial charge in [-0.05, 0) is 44.5 Å². The maximum atomic E-state index is 12.4. The second-order valence-corrected chi connectivity index (χ2v) is 6.18. The summed E-state index contributed by atoms with van der Waals surface area (Å²) in [6.45, 7) is 3.84. The van der Waals surface area contributed by atoms with Gasteiger partial charge in [-0.1, -0.05) is 30.3 Å². The molecule has 21 heavy (non-hydrogen) atoms. The monoisotopic (exact) mass is 304 g/mol. The molecule has 112 valence electrons. The third-order valence-electron chi connectivity index (χ3n) is 3.83. The van der Waals surface area contributed by atoms with Crippen molar-refractivity contribution in [2.75, 3.05) is 13.6 Å². The van der Waals surface area contributed by atoms with E-state index in [4.69, 9.17) is 12.2 Å². The molecular formula is C16H20N2O2S. The minimum Gasteiger partial charge on any atom is -0.291 e. The highest BCUT2D eigenvalue weighted by Crippen LogP contribution is 2.28. The highest BCUT2D eigenvalue weighted by molar-refractivity contribution is 7.80. The van der Waals surface area contributed by atoms with Gasteiger partial charge in [0.05, 0.1) is 0 Å². The lowest BCUT2D eigenvalue weighted by molar-refractivity contribution is -0.153. The fourth-order valence-electron chi connectivity index (χ4n) is 2.49. The van der Waals surface area contributed by atoms with Crippen molar-refractivity contribution >= 4 is 29.1 Å². The van der Waals surface area contributed by atoms with Crippen molar-refractivity contribution in [3.63, 3.8) is 0 Å². The molecule has 1 aromatic rings. The summed E-state index contributed by atoms with van der Waals surface area (Å²) in [5.74, 6) is -0.444. The standard InChI is InChI=1S/C16H20N2O2S/c1-16(2)13(19)17(3)15(21)18(14(16)20)11-7-10-12-8-5-4-6-9-12/h4-6,8-9H,7,10-11H2,1-3H3. The second kappa shape index (κ2) is 5.93. The van der Waals surface area contributed by atoms with Gasteiger partial charge in [0.25, 0.3) is 0 Å². The summed E-state index contributed by atoms with van der Waals surface area (Å²) in [4.78, 5) is 27.5. The molecule has 1 fully saturated rings. The molecule has 0 aromatic heterocycles. The van der Waals surface area contributed by atoms with Crippen LogP contribution in [0.4, 0.5) is 0 Å². The molecule has 1 aromatic carbocycles. The minimum absolute atomic E-state index is 0.205. The number of hydrogen-bond acceptors (Lipinski definition) is 3. The molecule has 0 bridgehead atoms. The van der Waals surface area contributed by atoms with Crippen molar-refractivity contribution in [3.05, 3.63) is 35.9 Å². The lowest BCUT2D eigenvalue weighted by Crippen LogP contribution is -2.62. The highest BCUT2D eigenvalue weighted by atomic mass is 32.1. The molecule has 4 nitrogen and oxygen atoms in total. The van der Waals surface area contributed by atoms with Gasteiger partial charge in [0.1, 0.15) is 5.41 Å². The van der Waals surface area contributed by atoms with Gasteiger partial charge in [-0.25, -0.2) is 0 Å². The van der Waals surface area contributed by atoms with Gasteiger partial charge in [0.2, 0.25) is 11.8 Å². The van der Waals surface area contributed by atoms with Crippen LogP contribution >= 0.6 is 12.2 Å². The van der Waals surface area contributed by atoms with E-state index in [9.17, 15) is 9.59 Å². The smallest absolute Gasteiger partial charge is 0.243 e. The topological polar surface area (TPSA) is 40.6 Å². The molecule has 0 spiro atoms. The van der Waals surface area contributed by atoms with Crippen molar-refractivity contribution in [1.29, 1.82) is 0 Å². The van der Waals surface area contributed by atoms with Gasteiger partial charge < -0.3 is 0 Å². The fourth-order valence-corrected chi connectivity index (χ4v) is 2.74. The zero-order chi connectivity index (χ0) is 15.6. The van der Waals surface area contributed by atoms with Crippen LogP contribution in [0.5, 0.6) is 0 Å².